The van der Waals surface area contributed by atoms with Gasteiger partial charge in [-0.1, -0.05) is 19.0 Å². The van der Waals surface area contributed by atoms with Crippen LogP contribution in [0.1, 0.15) is 57.9 Å². The summed E-state index contributed by atoms with van der Waals surface area (Å²) in [6, 6.07) is 2.02. The van der Waals surface area contributed by atoms with E-state index in [-0.39, 0.29) is 6.09 Å². The number of aliphatic imine (C=N–C) groups is 1. The second-order valence-electron chi connectivity index (χ2n) is 6.57. The number of carbonyl (C=O) groups is 1. The maximum Gasteiger partial charge on any atom is 0.409 e. The highest BCUT2D eigenvalue weighted by Crippen LogP contribution is 2.22. The lowest BCUT2D eigenvalue weighted by molar-refractivity contribution is 0.0914. The minimum absolute atomic E-state index is 0.241. The lowest BCUT2D eigenvalue weighted by Crippen LogP contribution is -2.53. The van der Waals surface area contributed by atoms with Gasteiger partial charge in [0, 0.05) is 44.7 Å². The quantitative estimate of drug-likeness (QED) is 0.579. The van der Waals surface area contributed by atoms with Crippen LogP contribution in [0, 0.1) is 0 Å². The molecule has 0 radical (unpaired) electrons. The zero-order valence-corrected chi connectivity index (χ0v) is 17.0. The molecule has 0 bridgehead atoms. The topological polar surface area (TPSA) is 83.2 Å². The SMILES string of the molecule is CCNC(=NCc1cc(C(CC)CC)no1)N1CCN(C(=O)OCC)CC1. The van der Waals surface area contributed by atoms with Gasteiger partial charge in [0.1, 0.15) is 6.54 Å². The van der Waals surface area contributed by atoms with E-state index in [1.54, 1.807) is 4.90 Å². The number of hydrogen-bond donors (Lipinski definition) is 1. The van der Waals surface area contributed by atoms with Crippen LogP contribution in [0.5, 0.6) is 0 Å². The summed E-state index contributed by atoms with van der Waals surface area (Å²) in [6.07, 6.45) is 1.87. The predicted molar refractivity (Wildman–Crippen MR) is 105 cm³/mol. The summed E-state index contributed by atoms with van der Waals surface area (Å²) < 4.78 is 10.5. The van der Waals surface area contributed by atoms with Gasteiger partial charge in [-0.3, -0.25) is 0 Å². The Labute approximate surface area is 161 Å². The molecule has 1 saturated heterocycles. The van der Waals surface area contributed by atoms with Crippen LogP contribution in [-0.4, -0.2) is 66.3 Å². The van der Waals surface area contributed by atoms with Gasteiger partial charge in [-0.25, -0.2) is 9.79 Å². The van der Waals surface area contributed by atoms with Gasteiger partial charge in [0.15, 0.2) is 11.7 Å². The van der Waals surface area contributed by atoms with Crippen LogP contribution in [0.25, 0.3) is 0 Å². The van der Waals surface area contributed by atoms with Crippen LogP contribution in [0.2, 0.25) is 0 Å². The summed E-state index contributed by atoms with van der Waals surface area (Å²) in [5.41, 5.74) is 1.01. The zero-order chi connectivity index (χ0) is 19.6. The molecule has 0 aliphatic carbocycles. The van der Waals surface area contributed by atoms with E-state index in [1.807, 2.05) is 19.9 Å². The molecule has 0 spiro atoms. The van der Waals surface area contributed by atoms with Crippen molar-refractivity contribution in [3.8, 4) is 0 Å². The fraction of sp³-hybridized carbons (Fsp3) is 0.737. The maximum atomic E-state index is 11.8. The van der Waals surface area contributed by atoms with E-state index in [0.717, 1.165) is 49.9 Å². The highest BCUT2D eigenvalue weighted by molar-refractivity contribution is 5.80. The number of nitrogens with one attached hydrogen (secondary N) is 1. The summed E-state index contributed by atoms with van der Waals surface area (Å²) in [6.45, 7) is 12.5. The highest BCUT2D eigenvalue weighted by Gasteiger charge is 2.23. The molecule has 2 rings (SSSR count). The van der Waals surface area contributed by atoms with Crippen LogP contribution < -0.4 is 5.32 Å². The minimum atomic E-state index is -0.241. The van der Waals surface area contributed by atoms with E-state index in [9.17, 15) is 4.79 Å². The van der Waals surface area contributed by atoms with E-state index in [1.165, 1.54) is 0 Å². The Morgan fingerprint density at radius 1 is 1.22 bits per heavy atom. The molecule has 1 fully saturated rings. The van der Waals surface area contributed by atoms with Crippen LogP contribution in [-0.2, 0) is 11.3 Å². The average Bonchev–Trinajstić information content (AvgIpc) is 3.15. The van der Waals surface area contributed by atoms with Crippen molar-refractivity contribution < 1.29 is 14.1 Å². The Morgan fingerprint density at radius 3 is 2.48 bits per heavy atom. The third-order valence-corrected chi connectivity index (χ3v) is 4.81. The monoisotopic (exact) mass is 379 g/mol. The number of hydrogen-bond acceptors (Lipinski definition) is 5. The average molecular weight is 380 g/mol. The largest absolute Gasteiger partial charge is 0.450 e. The Kier molecular flexibility index (Phi) is 8.42. The second kappa shape index (κ2) is 10.8. The third kappa shape index (κ3) is 5.87. The molecule has 8 nitrogen and oxygen atoms in total. The number of amides is 1. The van der Waals surface area contributed by atoms with Crippen LogP contribution in [0.4, 0.5) is 4.79 Å². The van der Waals surface area contributed by atoms with Crippen molar-refractivity contribution in [2.45, 2.75) is 53.0 Å². The molecule has 2 heterocycles. The van der Waals surface area contributed by atoms with Gasteiger partial charge in [0.05, 0.1) is 12.3 Å². The first-order valence-electron chi connectivity index (χ1n) is 10.0. The lowest BCUT2D eigenvalue weighted by Gasteiger charge is -2.35. The van der Waals surface area contributed by atoms with E-state index < -0.39 is 0 Å². The summed E-state index contributed by atoms with van der Waals surface area (Å²) in [4.78, 5) is 20.4. The van der Waals surface area contributed by atoms with Crippen LogP contribution >= 0.6 is 0 Å². The number of nitrogens with zero attached hydrogens (tertiary/aromatic N) is 4. The smallest absolute Gasteiger partial charge is 0.409 e. The van der Waals surface area contributed by atoms with Crippen molar-refractivity contribution in [3.63, 3.8) is 0 Å². The summed E-state index contributed by atoms with van der Waals surface area (Å²) in [5.74, 6) is 2.05. The second-order valence-corrected chi connectivity index (χ2v) is 6.57. The third-order valence-electron chi connectivity index (χ3n) is 4.81. The number of carbonyl (C=O) groups excluding carboxylic acids is 1. The molecule has 1 aromatic rings. The molecule has 0 saturated carbocycles. The van der Waals surface area contributed by atoms with Crippen molar-refractivity contribution in [2.75, 3.05) is 39.3 Å². The molecule has 1 aliphatic rings. The number of aromatic nitrogens is 1. The molecule has 0 atom stereocenters. The first kappa shape index (κ1) is 21.1. The van der Waals surface area contributed by atoms with Gasteiger partial charge >= 0.3 is 6.09 Å². The van der Waals surface area contributed by atoms with Crippen molar-refractivity contribution >= 4 is 12.1 Å². The van der Waals surface area contributed by atoms with Gasteiger partial charge < -0.3 is 24.4 Å². The molecule has 0 unspecified atom stereocenters. The van der Waals surface area contributed by atoms with E-state index >= 15 is 0 Å². The van der Waals surface area contributed by atoms with Crippen molar-refractivity contribution in [1.82, 2.24) is 20.3 Å². The number of ether oxygens (including phenoxy) is 1. The Hall–Kier alpha value is -2.25. The fourth-order valence-corrected chi connectivity index (χ4v) is 3.20. The lowest BCUT2D eigenvalue weighted by atomic mass is 9.99. The Morgan fingerprint density at radius 2 is 1.89 bits per heavy atom. The van der Waals surface area contributed by atoms with Crippen molar-refractivity contribution in [3.05, 3.63) is 17.5 Å². The van der Waals surface area contributed by atoms with Crippen molar-refractivity contribution in [2.24, 2.45) is 4.99 Å². The van der Waals surface area contributed by atoms with Gasteiger partial charge in [0.25, 0.3) is 0 Å². The molecule has 152 valence electrons. The standard InChI is InChI=1S/C19H33N5O3/c1-5-15(6-2)17-13-16(27-22-17)14-21-18(20-7-3)23-9-11-24(12-10-23)19(25)26-8-4/h13,15H,5-12,14H2,1-4H3,(H,20,21). The summed E-state index contributed by atoms with van der Waals surface area (Å²) in [5, 5.41) is 7.53. The van der Waals surface area contributed by atoms with Gasteiger partial charge in [-0.05, 0) is 26.7 Å². The van der Waals surface area contributed by atoms with E-state index in [0.29, 0.717) is 32.2 Å². The zero-order valence-electron chi connectivity index (χ0n) is 17.0. The maximum absolute atomic E-state index is 11.8. The minimum Gasteiger partial charge on any atom is -0.450 e. The predicted octanol–water partition coefficient (Wildman–Crippen LogP) is 2.82. The van der Waals surface area contributed by atoms with E-state index in [2.05, 4.69) is 29.2 Å². The first-order valence-corrected chi connectivity index (χ1v) is 10.0. The first-order chi connectivity index (χ1) is 13.1. The Bertz CT molecular complexity index is 604. The van der Waals surface area contributed by atoms with Gasteiger partial charge in [-0.2, -0.15) is 0 Å². The highest BCUT2D eigenvalue weighted by atomic mass is 16.6. The molecule has 1 amide bonds. The molecule has 27 heavy (non-hydrogen) atoms. The van der Waals surface area contributed by atoms with Crippen LogP contribution in [0.15, 0.2) is 15.6 Å². The van der Waals surface area contributed by atoms with Gasteiger partial charge in [-0.15, -0.1) is 0 Å². The molecule has 1 aliphatic heterocycles. The molecular weight excluding hydrogens is 346 g/mol. The molecule has 8 heteroatoms. The normalized spacial score (nSPS) is 15.4. The Balaban J connectivity index is 1.96. The summed E-state index contributed by atoms with van der Waals surface area (Å²) in [7, 11) is 0. The van der Waals surface area contributed by atoms with E-state index in [4.69, 9.17) is 14.3 Å². The van der Waals surface area contributed by atoms with Crippen molar-refractivity contribution in [1.29, 1.82) is 0 Å². The molecule has 0 aromatic carbocycles. The number of piperazine rings is 1. The number of rotatable bonds is 7. The molecule has 1 N–H and O–H groups in total. The molecule has 1 aromatic heterocycles. The van der Waals surface area contributed by atoms with Gasteiger partial charge in [0.2, 0.25) is 0 Å². The van der Waals surface area contributed by atoms with Crippen LogP contribution in [0.3, 0.4) is 0 Å². The number of guanidine groups is 1. The summed E-state index contributed by atoms with van der Waals surface area (Å²) >= 11 is 0. The fourth-order valence-electron chi connectivity index (χ4n) is 3.20. The molecular formula is C19H33N5O3.